The first kappa shape index (κ1) is 15.0. The van der Waals surface area contributed by atoms with Gasteiger partial charge in [0.25, 0.3) is 0 Å². The first-order chi connectivity index (χ1) is 6.10. The van der Waals surface area contributed by atoms with Gasteiger partial charge in [-0.2, -0.15) is 0 Å². The van der Waals surface area contributed by atoms with Gasteiger partial charge in [0.05, 0.1) is 0 Å². The second kappa shape index (κ2) is 5.94. The zero-order valence-electron chi connectivity index (χ0n) is 7.95. The van der Waals surface area contributed by atoms with Crippen molar-refractivity contribution in [1.82, 2.24) is 0 Å². The topological polar surface area (TPSA) is 26.3 Å². The van der Waals surface area contributed by atoms with Crippen LogP contribution in [0.15, 0.2) is 0 Å². The quantitative estimate of drug-likeness (QED) is 0.325. The molecule has 0 aromatic carbocycles. The number of hydrogen-bond donors (Lipinski definition) is 0. The summed E-state index contributed by atoms with van der Waals surface area (Å²) in [6, 6.07) is -2.10. The van der Waals surface area contributed by atoms with Gasteiger partial charge >= 0.3 is 12.0 Å². The Hall–Kier alpha value is 1.04. The van der Waals surface area contributed by atoms with Crippen LogP contribution in [0.5, 0.6) is 0 Å². The highest BCUT2D eigenvalue weighted by molar-refractivity contribution is 9.10. The van der Waals surface area contributed by atoms with Gasteiger partial charge in [-0.25, -0.2) is 0 Å². The molecule has 84 valence electrons. The van der Waals surface area contributed by atoms with Gasteiger partial charge in [0.15, 0.2) is 4.51 Å². The first-order valence-electron chi connectivity index (χ1n) is 4.08. The molecule has 0 fully saturated rings. The van der Waals surface area contributed by atoms with Crippen molar-refractivity contribution in [3.63, 3.8) is 0 Å². The molecule has 0 atom stereocenters. The average Bonchev–Trinajstić information content (AvgIpc) is 1.78. The summed E-state index contributed by atoms with van der Waals surface area (Å²) in [7, 11) is 0. The molecule has 0 saturated heterocycles. The third-order valence-corrected chi connectivity index (χ3v) is 3.98. The number of alkyl halides is 1. The van der Waals surface area contributed by atoms with Crippen LogP contribution in [-0.4, -0.2) is 16.5 Å². The highest BCUT2D eigenvalue weighted by Crippen LogP contribution is 2.27. The van der Waals surface area contributed by atoms with Crippen molar-refractivity contribution in [2.24, 2.45) is 0 Å². The van der Waals surface area contributed by atoms with Crippen molar-refractivity contribution >= 4 is 61.1 Å². The van der Waals surface area contributed by atoms with E-state index >= 15 is 0 Å². The third kappa shape index (κ3) is 11.1. The number of halogens is 4. The van der Waals surface area contributed by atoms with E-state index in [-0.39, 0.29) is 12.4 Å². The van der Waals surface area contributed by atoms with E-state index in [1.54, 1.807) is 13.8 Å². The second-order valence-corrected chi connectivity index (χ2v) is 14.5. The molecule has 0 bridgehead atoms. The van der Waals surface area contributed by atoms with Gasteiger partial charge < -0.3 is 4.74 Å². The molecule has 14 heavy (non-hydrogen) atoms. The Morgan fingerprint density at radius 1 is 1.43 bits per heavy atom. The Labute approximate surface area is 107 Å². The van der Waals surface area contributed by atoms with Gasteiger partial charge in [0.2, 0.25) is 0 Å². The van der Waals surface area contributed by atoms with Gasteiger partial charge in [-0.3, -0.25) is 4.79 Å². The van der Waals surface area contributed by atoms with Gasteiger partial charge in [0.1, 0.15) is 0 Å². The summed E-state index contributed by atoms with van der Waals surface area (Å²) < 4.78 is 4.39. The van der Waals surface area contributed by atoms with Crippen LogP contribution in [0.2, 0.25) is 6.04 Å². The van der Waals surface area contributed by atoms with Crippen LogP contribution in [0, 0.1) is 0 Å². The normalized spacial score (nSPS) is 12.7. The zero-order valence-corrected chi connectivity index (χ0v) is 12.8. The summed E-state index contributed by atoms with van der Waals surface area (Å²) in [5.41, 5.74) is 0. The molecule has 0 amide bonds. The van der Waals surface area contributed by atoms with E-state index in [9.17, 15) is 4.79 Å². The lowest BCUT2D eigenvalue weighted by atomic mass is 10.3. The van der Waals surface area contributed by atoms with Crippen LogP contribution >= 0.6 is 49.2 Å². The lowest BCUT2D eigenvalue weighted by molar-refractivity contribution is -0.149. The molecule has 2 nitrogen and oxygen atoms in total. The summed E-state index contributed by atoms with van der Waals surface area (Å²) in [4.78, 5) is 11.2. The first-order valence-corrected chi connectivity index (χ1v) is 10.1. The molecular formula is C7H12BrCl3O2Si. The van der Waals surface area contributed by atoms with Crippen molar-refractivity contribution in [2.75, 3.05) is 0 Å². The maximum absolute atomic E-state index is 11.2. The Morgan fingerprint density at radius 3 is 2.29 bits per heavy atom. The van der Waals surface area contributed by atoms with E-state index in [4.69, 9.17) is 38.0 Å². The summed E-state index contributed by atoms with van der Waals surface area (Å²) in [6.07, 6.45) is 0.848. The minimum atomic E-state index is -2.59. The molecule has 0 heterocycles. The minimum absolute atomic E-state index is 0.282. The fourth-order valence-electron chi connectivity index (χ4n) is 0.755. The summed E-state index contributed by atoms with van der Waals surface area (Å²) >= 11 is 20.2. The van der Waals surface area contributed by atoms with Crippen molar-refractivity contribution in [1.29, 1.82) is 0 Å². The third-order valence-electron chi connectivity index (χ3n) is 1.20. The van der Waals surface area contributed by atoms with E-state index in [0.717, 1.165) is 0 Å². The van der Waals surface area contributed by atoms with E-state index in [2.05, 4.69) is 15.9 Å². The van der Waals surface area contributed by atoms with Gasteiger partial charge in [-0.15, -0.1) is 33.2 Å². The van der Waals surface area contributed by atoms with E-state index in [0.29, 0.717) is 12.5 Å². The van der Waals surface area contributed by atoms with Gasteiger partial charge in [-0.1, -0.05) is 0 Å². The maximum atomic E-state index is 11.2. The number of carbonyl (C=O) groups excluding carboxylic acids is 1. The second-order valence-electron chi connectivity index (χ2n) is 3.31. The van der Waals surface area contributed by atoms with Gasteiger partial charge in [-0.05, 0) is 42.2 Å². The molecule has 0 rings (SSSR count). The van der Waals surface area contributed by atoms with Crippen LogP contribution in [0.4, 0.5) is 0 Å². The van der Waals surface area contributed by atoms with E-state index in [1.165, 1.54) is 0 Å². The fourth-order valence-corrected chi connectivity index (χ4v) is 2.72. The Bertz CT molecular complexity index is 200. The lowest BCUT2D eigenvalue weighted by Crippen LogP contribution is -2.20. The molecule has 0 aromatic heterocycles. The largest absolute Gasteiger partial charge is 0.448 e. The molecule has 0 aromatic rings. The van der Waals surface area contributed by atoms with Crippen LogP contribution < -0.4 is 0 Å². The zero-order chi connectivity index (χ0) is 11.4. The van der Waals surface area contributed by atoms with Crippen LogP contribution in [0.1, 0.15) is 26.7 Å². The molecule has 0 radical (unpaired) electrons. The molecule has 7 heteroatoms. The van der Waals surface area contributed by atoms with Crippen LogP contribution in [0.3, 0.4) is 0 Å². The van der Waals surface area contributed by atoms with Crippen LogP contribution in [0.25, 0.3) is 0 Å². The molecule has 0 unspecified atom stereocenters. The SMILES string of the molecule is CC(C)(Br)OC(=O)CCC[Si](Cl)(Cl)Cl. The molecule has 0 aliphatic heterocycles. The Kier molecular flexibility index (Phi) is 6.38. The minimum Gasteiger partial charge on any atom is -0.448 e. The molecule has 0 saturated carbocycles. The summed E-state index contributed by atoms with van der Waals surface area (Å²) in [5.74, 6) is -0.282. The van der Waals surface area contributed by atoms with Crippen molar-refractivity contribution in [3.05, 3.63) is 0 Å². The molecular weight excluding hydrogens is 330 g/mol. The van der Waals surface area contributed by atoms with E-state index < -0.39 is 10.5 Å². The number of carbonyl (C=O) groups is 1. The number of esters is 1. The Morgan fingerprint density at radius 2 is 1.93 bits per heavy atom. The monoisotopic (exact) mass is 340 g/mol. The number of ether oxygens (including phenoxy) is 1. The Balaban J connectivity index is 3.66. The molecule has 0 aliphatic carbocycles. The van der Waals surface area contributed by atoms with E-state index in [1.807, 2.05) is 0 Å². The van der Waals surface area contributed by atoms with Crippen molar-refractivity contribution in [3.8, 4) is 0 Å². The predicted molar refractivity (Wildman–Crippen MR) is 66.5 cm³/mol. The molecule has 0 N–H and O–H groups in total. The number of hydrogen-bond acceptors (Lipinski definition) is 2. The van der Waals surface area contributed by atoms with Crippen molar-refractivity contribution in [2.45, 2.75) is 37.2 Å². The predicted octanol–water partition coefficient (Wildman–Crippen LogP) is 4.10. The molecule has 0 spiro atoms. The standard InChI is InChI=1S/C7H12BrCl3O2Si/c1-7(2,8)13-6(12)4-3-5-14(9,10)11/h3-5H2,1-2H3. The maximum Gasteiger partial charge on any atom is 0.341 e. The fraction of sp³-hybridized carbons (Fsp3) is 0.857. The average molecular weight is 343 g/mol. The van der Waals surface area contributed by atoms with Crippen LogP contribution in [-0.2, 0) is 9.53 Å². The van der Waals surface area contributed by atoms with Gasteiger partial charge in [0, 0.05) is 6.42 Å². The number of rotatable bonds is 5. The smallest absolute Gasteiger partial charge is 0.341 e. The summed E-state index contributed by atoms with van der Waals surface area (Å²) in [5, 5.41) is 0. The highest BCUT2D eigenvalue weighted by Gasteiger charge is 2.25. The highest BCUT2D eigenvalue weighted by atomic mass is 79.9. The lowest BCUT2D eigenvalue weighted by Gasteiger charge is -2.17. The molecule has 0 aliphatic rings. The van der Waals surface area contributed by atoms with Crippen molar-refractivity contribution < 1.29 is 9.53 Å². The summed E-state index contributed by atoms with van der Waals surface area (Å²) in [6.45, 7) is 3.49.